The van der Waals surface area contributed by atoms with Crippen LogP contribution in [0, 0.1) is 0 Å². The van der Waals surface area contributed by atoms with Crippen LogP contribution in [0.5, 0.6) is 0 Å². The lowest BCUT2D eigenvalue weighted by Crippen LogP contribution is -1.94. The number of aromatic nitrogens is 3. The zero-order valence-electron chi connectivity index (χ0n) is 10.8. The van der Waals surface area contributed by atoms with Gasteiger partial charge in [-0.15, -0.1) is 11.3 Å². The fourth-order valence-corrected chi connectivity index (χ4v) is 4.16. The predicted octanol–water partition coefficient (Wildman–Crippen LogP) is 4.58. The number of hydrogen-bond acceptors (Lipinski definition) is 6. The van der Waals surface area contributed by atoms with Gasteiger partial charge in [-0.2, -0.15) is 16.3 Å². The van der Waals surface area contributed by atoms with Gasteiger partial charge in [0.1, 0.15) is 4.88 Å². The minimum absolute atomic E-state index is 0.563. The number of thiazole rings is 1. The summed E-state index contributed by atoms with van der Waals surface area (Å²) in [6, 6.07) is 2.00. The normalized spacial score (nSPS) is 16.0. The van der Waals surface area contributed by atoms with E-state index in [0.29, 0.717) is 17.6 Å². The molecule has 0 atom stereocenters. The SMILES string of the molecule is c1cc(-c2noc(-c3scnc3C3CCCC3)n2)cs1. The number of nitrogens with zero attached hydrogens (tertiary/aromatic N) is 3. The molecule has 1 saturated carbocycles. The third-order valence-corrected chi connectivity index (χ3v) is 5.25. The molecule has 3 aromatic rings. The quantitative estimate of drug-likeness (QED) is 0.710. The van der Waals surface area contributed by atoms with Crippen LogP contribution in [0.3, 0.4) is 0 Å². The molecule has 0 radical (unpaired) electrons. The average Bonchev–Trinajstić information content (AvgIpc) is 3.23. The summed E-state index contributed by atoms with van der Waals surface area (Å²) in [5, 5.41) is 8.12. The summed E-state index contributed by atoms with van der Waals surface area (Å²) in [5.41, 5.74) is 4.04. The molecular formula is C14H13N3OS2. The highest BCUT2D eigenvalue weighted by Gasteiger charge is 2.25. The molecule has 1 fully saturated rings. The Balaban J connectivity index is 1.70. The second-order valence-electron chi connectivity index (χ2n) is 4.98. The highest BCUT2D eigenvalue weighted by molar-refractivity contribution is 7.13. The molecule has 0 aromatic carbocycles. The van der Waals surface area contributed by atoms with Crippen molar-refractivity contribution in [1.29, 1.82) is 0 Å². The van der Waals surface area contributed by atoms with Gasteiger partial charge in [0.25, 0.3) is 5.89 Å². The Morgan fingerprint density at radius 3 is 2.95 bits per heavy atom. The minimum atomic E-state index is 0.563. The molecule has 0 N–H and O–H groups in total. The van der Waals surface area contributed by atoms with Crippen molar-refractivity contribution in [3.63, 3.8) is 0 Å². The first-order valence-electron chi connectivity index (χ1n) is 6.72. The second-order valence-corrected chi connectivity index (χ2v) is 6.62. The smallest absolute Gasteiger partial charge is 0.270 e. The fourth-order valence-electron chi connectivity index (χ4n) is 2.73. The van der Waals surface area contributed by atoms with E-state index < -0.39 is 0 Å². The molecule has 4 rings (SSSR count). The monoisotopic (exact) mass is 303 g/mol. The number of rotatable bonds is 3. The Hall–Kier alpha value is -1.53. The lowest BCUT2D eigenvalue weighted by molar-refractivity contribution is 0.432. The van der Waals surface area contributed by atoms with Gasteiger partial charge in [-0.25, -0.2) is 4.98 Å². The summed E-state index contributed by atoms with van der Waals surface area (Å²) in [6.45, 7) is 0. The van der Waals surface area contributed by atoms with Crippen LogP contribution >= 0.6 is 22.7 Å². The minimum Gasteiger partial charge on any atom is -0.333 e. The van der Waals surface area contributed by atoms with E-state index in [4.69, 9.17) is 4.52 Å². The maximum atomic E-state index is 5.45. The molecule has 4 nitrogen and oxygen atoms in total. The fraction of sp³-hybridized carbons (Fsp3) is 0.357. The van der Waals surface area contributed by atoms with Gasteiger partial charge in [-0.3, -0.25) is 0 Å². The predicted molar refractivity (Wildman–Crippen MR) is 79.9 cm³/mol. The van der Waals surface area contributed by atoms with Gasteiger partial charge in [-0.05, 0) is 24.3 Å². The van der Waals surface area contributed by atoms with Crippen molar-refractivity contribution in [2.75, 3.05) is 0 Å². The standard InChI is InChI=1S/C14H13N3OS2/c1-2-4-9(3-1)11-12(20-8-15-11)14-16-13(17-18-14)10-5-6-19-7-10/h5-9H,1-4H2. The van der Waals surface area contributed by atoms with Crippen LogP contribution < -0.4 is 0 Å². The summed E-state index contributed by atoms with van der Waals surface area (Å²) >= 11 is 3.23. The third kappa shape index (κ3) is 2.09. The van der Waals surface area contributed by atoms with Crippen LogP contribution in [-0.4, -0.2) is 15.1 Å². The lowest BCUT2D eigenvalue weighted by atomic mass is 10.0. The molecule has 3 heterocycles. The van der Waals surface area contributed by atoms with Gasteiger partial charge >= 0.3 is 0 Å². The van der Waals surface area contributed by atoms with E-state index in [2.05, 4.69) is 15.1 Å². The van der Waals surface area contributed by atoms with Crippen molar-refractivity contribution in [3.8, 4) is 22.2 Å². The van der Waals surface area contributed by atoms with E-state index in [9.17, 15) is 0 Å². The summed E-state index contributed by atoms with van der Waals surface area (Å²) < 4.78 is 5.45. The topological polar surface area (TPSA) is 51.8 Å². The molecule has 0 aliphatic heterocycles. The molecule has 6 heteroatoms. The molecule has 0 spiro atoms. The zero-order valence-corrected chi connectivity index (χ0v) is 12.4. The van der Waals surface area contributed by atoms with Gasteiger partial charge in [0, 0.05) is 16.9 Å². The van der Waals surface area contributed by atoms with Crippen molar-refractivity contribution in [1.82, 2.24) is 15.1 Å². The molecule has 102 valence electrons. The molecule has 3 aromatic heterocycles. The Morgan fingerprint density at radius 1 is 1.25 bits per heavy atom. The van der Waals surface area contributed by atoms with E-state index in [1.807, 2.05) is 22.3 Å². The van der Waals surface area contributed by atoms with Gasteiger partial charge in [0.15, 0.2) is 0 Å². The Labute approximate surface area is 124 Å². The molecule has 1 aliphatic rings. The summed E-state index contributed by atoms with van der Waals surface area (Å²) in [7, 11) is 0. The molecule has 0 bridgehead atoms. The first-order chi connectivity index (χ1) is 9.92. The van der Waals surface area contributed by atoms with Crippen LogP contribution in [0.15, 0.2) is 26.9 Å². The molecule has 0 saturated heterocycles. The lowest BCUT2D eigenvalue weighted by Gasteiger charge is -2.05. The first-order valence-corrected chi connectivity index (χ1v) is 8.54. The number of thiophene rings is 1. The van der Waals surface area contributed by atoms with Crippen LogP contribution in [0.4, 0.5) is 0 Å². The summed E-state index contributed by atoms with van der Waals surface area (Å²) in [4.78, 5) is 10.1. The molecular weight excluding hydrogens is 290 g/mol. The Morgan fingerprint density at radius 2 is 2.15 bits per heavy atom. The van der Waals surface area contributed by atoms with Crippen molar-refractivity contribution in [2.45, 2.75) is 31.6 Å². The van der Waals surface area contributed by atoms with Crippen molar-refractivity contribution in [3.05, 3.63) is 28.0 Å². The van der Waals surface area contributed by atoms with Crippen molar-refractivity contribution < 1.29 is 4.52 Å². The van der Waals surface area contributed by atoms with Crippen LogP contribution in [0.1, 0.15) is 37.3 Å². The van der Waals surface area contributed by atoms with Crippen LogP contribution in [0.2, 0.25) is 0 Å². The maximum Gasteiger partial charge on any atom is 0.270 e. The van der Waals surface area contributed by atoms with Gasteiger partial charge in [-0.1, -0.05) is 18.0 Å². The van der Waals surface area contributed by atoms with Gasteiger partial charge in [0.05, 0.1) is 11.2 Å². The highest BCUT2D eigenvalue weighted by atomic mass is 32.1. The van der Waals surface area contributed by atoms with E-state index in [0.717, 1.165) is 16.1 Å². The van der Waals surface area contributed by atoms with Crippen molar-refractivity contribution >= 4 is 22.7 Å². The molecule has 1 aliphatic carbocycles. The Kier molecular flexibility index (Phi) is 3.12. The largest absolute Gasteiger partial charge is 0.333 e. The Bertz CT molecular complexity index is 696. The highest BCUT2D eigenvalue weighted by Crippen LogP contribution is 2.40. The zero-order chi connectivity index (χ0) is 13.4. The molecule has 20 heavy (non-hydrogen) atoms. The molecule has 0 amide bonds. The molecule has 0 unspecified atom stereocenters. The average molecular weight is 303 g/mol. The second kappa shape index (κ2) is 5.10. The maximum absolute atomic E-state index is 5.45. The van der Waals surface area contributed by atoms with Crippen molar-refractivity contribution in [2.24, 2.45) is 0 Å². The van der Waals surface area contributed by atoms with E-state index in [-0.39, 0.29) is 0 Å². The summed E-state index contributed by atoms with van der Waals surface area (Å²) in [6.07, 6.45) is 5.04. The number of hydrogen-bond donors (Lipinski definition) is 0. The van der Waals surface area contributed by atoms with Crippen LogP contribution in [-0.2, 0) is 0 Å². The summed E-state index contributed by atoms with van der Waals surface area (Å²) in [5.74, 6) is 1.83. The van der Waals surface area contributed by atoms with E-state index >= 15 is 0 Å². The first kappa shape index (κ1) is 12.2. The van der Waals surface area contributed by atoms with Crippen LogP contribution in [0.25, 0.3) is 22.2 Å². The van der Waals surface area contributed by atoms with Gasteiger partial charge < -0.3 is 4.52 Å². The van der Waals surface area contributed by atoms with E-state index in [1.165, 1.54) is 25.7 Å². The van der Waals surface area contributed by atoms with E-state index in [1.54, 1.807) is 22.7 Å². The van der Waals surface area contributed by atoms with Gasteiger partial charge in [0.2, 0.25) is 5.82 Å². The third-order valence-electron chi connectivity index (χ3n) is 3.74.